The van der Waals surface area contributed by atoms with Crippen LogP contribution in [-0.2, 0) is 9.47 Å². The third kappa shape index (κ3) is 8.20. The molecule has 7 nitrogen and oxygen atoms in total. The molecule has 0 radical (unpaired) electrons. The Morgan fingerprint density at radius 3 is 1.54 bits per heavy atom. The first-order valence-corrected chi connectivity index (χ1v) is 10.2. The molecular formula is C19H38N4O3. The molecular weight excluding hydrogens is 332 g/mol. The molecule has 2 heterocycles. The number of nitrogens with zero attached hydrogens (tertiary/aromatic N) is 2. The maximum Gasteiger partial charge on any atom is 0.315 e. The first-order valence-electron chi connectivity index (χ1n) is 10.2. The van der Waals surface area contributed by atoms with Crippen molar-refractivity contribution in [3.63, 3.8) is 0 Å². The van der Waals surface area contributed by atoms with E-state index >= 15 is 0 Å². The number of carbonyl (C=O) groups excluding carboxylic acids is 1. The van der Waals surface area contributed by atoms with E-state index in [0.29, 0.717) is 12.1 Å². The van der Waals surface area contributed by atoms with Crippen molar-refractivity contribution in [1.82, 2.24) is 20.4 Å². The minimum absolute atomic E-state index is 0.0145. The molecule has 0 aromatic heterocycles. The minimum Gasteiger partial charge on any atom is -0.385 e. The second-order valence-corrected chi connectivity index (χ2v) is 7.54. The van der Waals surface area contributed by atoms with Crippen LogP contribution in [0.1, 0.15) is 38.5 Å². The van der Waals surface area contributed by atoms with Crippen LogP contribution in [0.15, 0.2) is 0 Å². The van der Waals surface area contributed by atoms with E-state index < -0.39 is 0 Å². The van der Waals surface area contributed by atoms with E-state index in [2.05, 4.69) is 20.4 Å². The molecule has 0 spiro atoms. The van der Waals surface area contributed by atoms with Crippen LogP contribution in [0.25, 0.3) is 0 Å². The van der Waals surface area contributed by atoms with Crippen LogP contribution in [0.3, 0.4) is 0 Å². The summed E-state index contributed by atoms with van der Waals surface area (Å²) < 4.78 is 10.2. The molecule has 152 valence electrons. The van der Waals surface area contributed by atoms with Gasteiger partial charge in [0.1, 0.15) is 0 Å². The highest BCUT2D eigenvalue weighted by Gasteiger charge is 2.23. The van der Waals surface area contributed by atoms with Gasteiger partial charge in [0.25, 0.3) is 0 Å². The number of hydrogen-bond acceptors (Lipinski definition) is 5. The summed E-state index contributed by atoms with van der Waals surface area (Å²) in [6, 6.07) is 0.631. The second kappa shape index (κ2) is 12.5. The summed E-state index contributed by atoms with van der Waals surface area (Å²) >= 11 is 0. The molecule has 0 atom stereocenters. The minimum atomic E-state index is 0.0145. The smallest absolute Gasteiger partial charge is 0.315 e. The number of methoxy groups -OCH3 is 2. The summed E-state index contributed by atoms with van der Waals surface area (Å²) in [6.07, 6.45) is 6.33. The third-order valence-electron chi connectivity index (χ3n) is 5.49. The summed E-state index contributed by atoms with van der Waals surface area (Å²) in [4.78, 5) is 17.2. The fourth-order valence-electron chi connectivity index (χ4n) is 3.88. The van der Waals surface area contributed by atoms with Gasteiger partial charge in [0, 0.05) is 78.8 Å². The van der Waals surface area contributed by atoms with Gasteiger partial charge in [-0.3, -0.25) is 0 Å². The van der Waals surface area contributed by atoms with Gasteiger partial charge >= 0.3 is 6.03 Å². The van der Waals surface area contributed by atoms with Crippen LogP contribution in [0.5, 0.6) is 0 Å². The van der Waals surface area contributed by atoms with Gasteiger partial charge in [0.05, 0.1) is 0 Å². The highest BCUT2D eigenvalue weighted by atomic mass is 16.5. The van der Waals surface area contributed by atoms with E-state index in [1.165, 1.54) is 0 Å². The molecule has 2 rings (SSSR count). The first-order chi connectivity index (χ1) is 12.7. The molecule has 0 unspecified atom stereocenters. The molecule has 0 aromatic carbocycles. The predicted octanol–water partition coefficient (Wildman–Crippen LogP) is 1.29. The Balaban J connectivity index is 1.54. The normalized spacial score (nSPS) is 21.0. The standard InChI is InChI=1S/C19H38N4O3/c1-25-15-3-9-22-11-5-17(6-12-22)20-19(24)21-18-7-13-23(14-8-18)10-4-16-26-2/h17-18H,3-16H2,1-2H3,(H2,20,21,24). The van der Waals surface area contributed by atoms with Crippen LogP contribution in [0.2, 0.25) is 0 Å². The van der Waals surface area contributed by atoms with Crippen LogP contribution < -0.4 is 10.6 Å². The van der Waals surface area contributed by atoms with Crippen molar-refractivity contribution in [3.8, 4) is 0 Å². The van der Waals surface area contributed by atoms with E-state index in [4.69, 9.17) is 9.47 Å². The van der Waals surface area contributed by atoms with Crippen LogP contribution in [0, 0.1) is 0 Å². The summed E-state index contributed by atoms with van der Waals surface area (Å²) in [5.41, 5.74) is 0. The molecule has 0 aromatic rings. The number of urea groups is 1. The molecule has 7 heteroatoms. The van der Waals surface area contributed by atoms with Gasteiger partial charge in [-0.25, -0.2) is 4.79 Å². The van der Waals surface area contributed by atoms with Gasteiger partial charge in [0.15, 0.2) is 0 Å². The number of carbonyl (C=O) groups is 1. The molecule has 0 saturated carbocycles. The van der Waals surface area contributed by atoms with Crippen molar-refractivity contribution in [2.24, 2.45) is 0 Å². The lowest BCUT2D eigenvalue weighted by Gasteiger charge is -2.34. The number of hydrogen-bond donors (Lipinski definition) is 2. The molecule has 2 saturated heterocycles. The maximum absolute atomic E-state index is 12.3. The number of ether oxygens (including phenoxy) is 2. The van der Waals surface area contributed by atoms with Crippen molar-refractivity contribution in [1.29, 1.82) is 0 Å². The van der Waals surface area contributed by atoms with Crippen LogP contribution in [-0.4, -0.2) is 94.6 Å². The SMILES string of the molecule is COCCCN1CCC(NC(=O)NC2CCN(CCCOC)CC2)CC1. The summed E-state index contributed by atoms with van der Waals surface area (Å²) in [5.74, 6) is 0. The molecule has 26 heavy (non-hydrogen) atoms. The van der Waals surface area contributed by atoms with Crippen molar-refractivity contribution < 1.29 is 14.3 Å². The lowest BCUT2D eigenvalue weighted by Crippen LogP contribution is -2.52. The number of likely N-dealkylation sites (tertiary alicyclic amines) is 2. The third-order valence-corrected chi connectivity index (χ3v) is 5.49. The highest BCUT2D eigenvalue weighted by molar-refractivity contribution is 5.74. The van der Waals surface area contributed by atoms with Gasteiger partial charge in [-0.1, -0.05) is 0 Å². The zero-order valence-electron chi connectivity index (χ0n) is 16.7. The van der Waals surface area contributed by atoms with Crippen LogP contribution in [0.4, 0.5) is 4.79 Å². The maximum atomic E-state index is 12.3. The fourth-order valence-corrected chi connectivity index (χ4v) is 3.88. The van der Waals surface area contributed by atoms with E-state index in [0.717, 1.165) is 91.0 Å². The Morgan fingerprint density at radius 1 is 0.808 bits per heavy atom. The van der Waals surface area contributed by atoms with Gasteiger partial charge in [-0.05, 0) is 38.5 Å². The molecule has 2 aliphatic rings. The fraction of sp³-hybridized carbons (Fsp3) is 0.947. The van der Waals surface area contributed by atoms with E-state index in [9.17, 15) is 4.79 Å². The van der Waals surface area contributed by atoms with Crippen molar-refractivity contribution >= 4 is 6.03 Å². The zero-order valence-corrected chi connectivity index (χ0v) is 16.7. The van der Waals surface area contributed by atoms with Gasteiger partial charge in [-0.15, -0.1) is 0 Å². The Bertz CT molecular complexity index is 347. The largest absolute Gasteiger partial charge is 0.385 e. The van der Waals surface area contributed by atoms with Crippen molar-refractivity contribution in [3.05, 3.63) is 0 Å². The molecule has 2 amide bonds. The zero-order chi connectivity index (χ0) is 18.6. The lowest BCUT2D eigenvalue weighted by molar-refractivity contribution is 0.148. The van der Waals surface area contributed by atoms with E-state index in [1.54, 1.807) is 14.2 Å². The topological polar surface area (TPSA) is 66.1 Å². The molecule has 0 bridgehead atoms. The Labute approximate surface area is 158 Å². The lowest BCUT2D eigenvalue weighted by atomic mass is 10.0. The molecule has 2 N–H and O–H groups in total. The molecule has 0 aliphatic carbocycles. The number of piperidine rings is 2. The second-order valence-electron chi connectivity index (χ2n) is 7.54. The Morgan fingerprint density at radius 2 is 1.19 bits per heavy atom. The average molecular weight is 371 g/mol. The summed E-state index contributed by atoms with van der Waals surface area (Å²) in [7, 11) is 3.50. The first kappa shape index (κ1) is 21.4. The van der Waals surface area contributed by atoms with Crippen molar-refractivity contribution in [2.45, 2.75) is 50.6 Å². The quantitative estimate of drug-likeness (QED) is 0.567. The number of nitrogens with one attached hydrogen (secondary N) is 2. The highest BCUT2D eigenvalue weighted by Crippen LogP contribution is 2.12. The summed E-state index contributed by atoms with van der Waals surface area (Å²) in [6.45, 7) is 8.09. The van der Waals surface area contributed by atoms with Gasteiger partial charge < -0.3 is 29.9 Å². The van der Waals surface area contributed by atoms with Crippen LogP contribution >= 0.6 is 0 Å². The number of amides is 2. The predicted molar refractivity (Wildman–Crippen MR) is 104 cm³/mol. The molecule has 2 aliphatic heterocycles. The van der Waals surface area contributed by atoms with Crippen molar-refractivity contribution in [2.75, 3.05) is 66.7 Å². The Kier molecular flexibility index (Phi) is 10.3. The van der Waals surface area contributed by atoms with Gasteiger partial charge in [0.2, 0.25) is 0 Å². The van der Waals surface area contributed by atoms with Gasteiger partial charge in [-0.2, -0.15) is 0 Å². The molecule has 2 fully saturated rings. The monoisotopic (exact) mass is 370 g/mol. The van der Waals surface area contributed by atoms with E-state index in [-0.39, 0.29) is 6.03 Å². The number of rotatable bonds is 10. The average Bonchev–Trinajstić information content (AvgIpc) is 2.65. The summed E-state index contributed by atoms with van der Waals surface area (Å²) in [5, 5.41) is 6.35. The van der Waals surface area contributed by atoms with E-state index in [1.807, 2.05) is 0 Å². The Hall–Kier alpha value is -0.890.